The van der Waals surface area contributed by atoms with Crippen molar-refractivity contribution in [3.8, 4) is 0 Å². The quantitative estimate of drug-likeness (QED) is 0.838. The van der Waals surface area contributed by atoms with E-state index in [0.717, 1.165) is 32.7 Å². The van der Waals surface area contributed by atoms with Gasteiger partial charge in [-0.1, -0.05) is 36.8 Å². The summed E-state index contributed by atoms with van der Waals surface area (Å²) in [6, 6.07) is 8.54. The first-order valence-corrected chi connectivity index (χ1v) is 8.96. The molecule has 0 radical (unpaired) electrons. The summed E-state index contributed by atoms with van der Waals surface area (Å²) in [5.41, 5.74) is 2.52. The molecule has 0 spiro atoms. The van der Waals surface area contributed by atoms with Crippen molar-refractivity contribution in [2.75, 3.05) is 46.3 Å². The third kappa shape index (κ3) is 6.13. The fourth-order valence-electron chi connectivity index (χ4n) is 3.08. The summed E-state index contributed by atoms with van der Waals surface area (Å²) in [6.07, 6.45) is 0. The lowest BCUT2D eigenvalue weighted by Gasteiger charge is -2.34. The molecule has 1 aliphatic heterocycles. The first-order valence-electron chi connectivity index (χ1n) is 8.96. The van der Waals surface area contributed by atoms with Crippen molar-refractivity contribution in [3.63, 3.8) is 0 Å². The fourth-order valence-corrected chi connectivity index (χ4v) is 3.08. The lowest BCUT2D eigenvalue weighted by molar-refractivity contribution is 0.144. The summed E-state index contributed by atoms with van der Waals surface area (Å²) < 4.78 is 0. The molecule has 2 amide bonds. The van der Waals surface area contributed by atoms with E-state index in [1.54, 1.807) is 0 Å². The van der Waals surface area contributed by atoms with Crippen LogP contribution in [0.5, 0.6) is 0 Å². The van der Waals surface area contributed by atoms with Gasteiger partial charge in [0.15, 0.2) is 0 Å². The van der Waals surface area contributed by atoms with Crippen LogP contribution < -0.4 is 10.6 Å². The van der Waals surface area contributed by atoms with Crippen LogP contribution in [-0.4, -0.2) is 68.2 Å². The molecular formula is C19H32N4O. The van der Waals surface area contributed by atoms with E-state index in [4.69, 9.17) is 0 Å². The van der Waals surface area contributed by atoms with Crippen LogP contribution in [-0.2, 0) is 0 Å². The highest BCUT2D eigenvalue weighted by atomic mass is 16.2. The lowest BCUT2D eigenvalue weighted by Crippen LogP contribution is -2.51. The zero-order chi connectivity index (χ0) is 17.5. The van der Waals surface area contributed by atoms with Gasteiger partial charge in [-0.3, -0.25) is 4.90 Å². The van der Waals surface area contributed by atoms with Gasteiger partial charge in [-0.25, -0.2) is 4.79 Å². The minimum atomic E-state index is -0.0730. The summed E-state index contributed by atoms with van der Waals surface area (Å²) in [4.78, 5) is 16.9. The van der Waals surface area contributed by atoms with Gasteiger partial charge in [-0.15, -0.1) is 0 Å². The highest BCUT2D eigenvalue weighted by molar-refractivity contribution is 5.74. The predicted molar refractivity (Wildman–Crippen MR) is 99.5 cm³/mol. The molecule has 0 aliphatic carbocycles. The number of likely N-dealkylation sites (N-methyl/N-ethyl adjacent to an activating group) is 1. The number of nitrogens with one attached hydrogen (secondary N) is 2. The van der Waals surface area contributed by atoms with Crippen molar-refractivity contribution in [2.24, 2.45) is 0 Å². The fraction of sp³-hybridized carbons (Fsp3) is 0.632. The minimum Gasteiger partial charge on any atom is -0.338 e. The predicted octanol–water partition coefficient (Wildman–Crippen LogP) is 2.03. The van der Waals surface area contributed by atoms with Gasteiger partial charge in [0.05, 0.1) is 0 Å². The number of carbonyl (C=O) groups excluding carboxylic acids is 1. The number of amides is 2. The maximum Gasteiger partial charge on any atom is 0.315 e. The van der Waals surface area contributed by atoms with Gasteiger partial charge in [0.1, 0.15) is 0 Å². The Hall–Kier alpha value is -1.59. The van der Waals surface area contributed by atoms with Gasteiger partial charge in [0.25, 0.3) is 0 Å². The van der Waals surface area contributed by atoms with E-state index in [9.17, 15) is 4.79 Å². The van der Waals surface area contributed by atoms with Crippen molar-refractivity contribution < 1.29 is 4.79 Å². The molecule has 0 saturated carbocycles. The molecule has 1 aromatic carbocycles. The number of aryl methyl sites for hydroxylation is 1. The van der Waals surface area contributed by atoms with Gasteiger partial charge in [-0.05, 0) is 32.4 Å². The molecule has 2 atom stereocenters. The molecule has 1 aliphatic rings. The Labute approximate surface area is 146 Å². The first-order chi connectivity index (χ1) is 11.4. The number of rotatable bonds is 6. The molecule has 5 heteroatoms. The van der Waals surface area contributed by atoms with Gasteiger partial charge >= 0.3 is 6.03 Å². The summed E-state index contributed by atoms with van der Waals surface area (Å²) in [5, 5.41) is 6.05. The maximum atomic E-state index is 12.1. The summed E-state index contributed by atoms with van der Waals surface area (Å²) >= 11 is 0. The molecule has 1 fully saturated rings. The molecule has 2 N–H and O–H groups in total. The largest absolute Gasteiger partial charge is 0.338 e. The molecular weight excluding hydrogens is 300 g/mol. The van der Waals surface area contributed by atoms with E-state index in [0.29, 0.717) is 12.5 Å². The molecule has 2 rings (SSSR count). The Morgan fingerprint density at radius 1 is 1.21 bits per heavy atom. The van der Waals surface area contributed by atoms with E-state index in [-0.39, 0.29) is 12.1 Å². The number of hydrogen-bond donors (Lipinski definition) is 2. The Kier molecular flexibility index (Phi) is 7.06. The number of benzene rings is 1. The Morgan fingerprint density at radius 3 is 2.58 bits per heavy atom. The zero-order valence-electron chi connectivity index (χ0n) is 15.5. The smallest absolute Gasteiger partial charge is 0.315 e. The summed E-state index contributed by atoms with van der Waals surface area (Å²) in [6.45, 7) is 12.2. The van der Waals surface area contributed by atoms with Crippen molar-refractivity contribution in [2.45, 2.75) is 32.7 Å². The molecule has 0 aromatic heterocycles. The number of piperazine rings is 1. The molecule has 0 unspecified atom stereocenters. The van der Waals surface area contributed by atoms with E-state index in [1.807, 2.05) is 0 Å². The molecule has 1 heterocycles. The van der Waals surface area contributed by atoms with Crippen LogP contribution in [0.25, 0.3) is 0 Å². The van der Waals surface area contributed by atoms with Crippen LogP contribution in [0.2, 0.25) is 0 Å². The van der Waals surface area contributed by atoms with Gasteiger partial charge in [-0.2, -0.15) is 0 Å². The van der Waals surface area contributed by atoms with E-state index in [2.05, 4.69) is 72.5 Å². The zero-order valence-corrected chi connectivity index (χ0v) is 15.5. The standard InChI is InChI=1S/C19H32N4O/c1-15-6-5-7-18(12-15)16(2)13-20-19(24)21-17(3)14-23-10-8-22(4)9-11-23/h5-7,12,16-17H,8-11,13-14H2,1-4H3,(H2,20,21,24)/t16-,17+/m1/s1. The van der Waals surface area contributed by atoms with Crippen LogP contribution >= 0.6 is 0 Å². The first kappa shape index (κ1) is 18.7. The average Bonchev–Trinajstić information content (AvgIpc) is 2.54. The lowest BCUT2D eigenvalue weighted by atomic mass is 9.99. The summed E-state index contributed by atoms with van der Waals surface area (Å²) in [7, 11) is 2.15. The van der Waals surface area contributed by atoms with Crippen molar-refractivity contribution in [1.29, 1.82) is 0 Å². The van der Waals surface area contributed by atoms with E-state index >= 15 is 0 Å². The second-order valence-corrected chi connectivity index (χ2v) is 7.17. The van der Waals surface area contributed by atoms with Crippen molar-refractivity contribution in [3.05, 3.63) is 35.4 Å². The molecule has 0 bridgehead atoms. The Bertz CT molecular complexity index is 526. The van der Waals surface area contributed by atoms with Gasteiger partial charge < -0.3 is 15.5 Å². The second kappa shape index (κ2) is 9.04. The van der Waals surface area contributed by atoms with Crippen LogP contribution in [0.15, 0.2) is 24.3 Å². The minimum absolute atomic E-state index is 0.0730. The molecule has 5 nitrogen and oxygen atoms in total. The summed E-state index contributed by atoms with van der Waals surface area (Å²) in [5.74, 6) is 0.309. The SMILES string of the molecule is Cc1cccc([C@H](C)CNC(=O)N[C@@H](C)CN2CCN(C)CC2)c1. The van der Waals surface area contributed by atoms with Gasteiger partial charge in [0.2, 0.25) is 0 Å². The van der Waals surface area contributed by atoms with Gasteiger partial charge in [0, 0.05) is 45.3 Å². The van der Waals surface area contributed by atoms with Crippen molar-refractivity contribution in [1.82, 2.24) is 20.4 Å². The topological polar surface area (TPSA) is 47.6 Å². The Morgan fingerprint density at radius 2 is 1.92 bits per heavy atom. The number of hydrogen-bond acceptors (Lipinski definition) is 3. The number of nitrogens with zero attached hydrogens (tertiary/aromatic N) is 2. The second-order valence-electron chi connectivity index (χ2n) is 7.17. The van der Waals surface area contributed by atoms with Crippen LogP contribution in [0.1, 0.15) is 30.9 Å². The van der Waals surface area contributed by atoms with E-state index < -0.39 is 0 Å². The molecule has 24 heavy (non-hydrogen) atoms. The monoisotopic (exact) mass is 332 g/mol. The highest BCUT2D eigenvalue weighted by Crippen LogP contribution is 2.15. The average molecular weight is 332 g/mol. The van der Waals surface area contributed by atoms with Crippen LogP contribution in [0, 0.1) is 6.92 Å². The number of carbonyl (C=O) groups is 1. The number of urea groups is 1. The maximum absolute atomic E-state index is 12.1. The highest BCUT2D eigenvalue weighted by Gasteiger charge is 2.17. The molecule has 1 aromatic rings. The van der Waals surface area contributed by atoms with E-state index in [1.165, 1.54) is 11.1 Å². The third-order valence-corrected chi connectivity index (χ3v) is 4.69. The van der Waals surface area contributed by atoms with Crippen molar-refractivity contribution >= 4 is 6.03 Å². The third-order valence-electron chi connectivity index (χ3n) is 4.69. The molecule has 134 valence electrons. The van der Waals surface area contributed by atoms with Crippen LogP contribution in [0.3, 0.4) is 0 Å². The normalized spacial score (nSPS) is 18.8. The van der Waals surface area contributed by atoms with Crippen LogP contribution in [0.4, 0.5) is 4.79 Å². The molecule has 1 saturated heterocycles. The Balaban J connectivity index is 1.68.